The van der Waals surface area contributed by atoms with Crippen LogP contribution in [0, 0.1) is 0 Å². The fourth-order valence-electron chi connectivity index (χ4n) is 3.24. The molecular formula is C20H17Br2N3. The Morgan fingerprint density at radius 3 is 2.68 bits per heavy atom. The van der Waals surface area contributed by atoms with Gasteiger partial charge < -0.3 is 0 Å². The Bertz CT molecular complexity index is 999. The molecule has 0 spiro atoms. The van der Waals surface area contributed by atoms with Crippen molar-refractivity contribution in [1.29, 1.82) is 0 Å². The minimum atomic E-state index is -0.237. The number of halogens is 2. The van der Waals surface area contributed by atoms with Gasteiger partial charge in [0.25, 0.3) is 0 Å². The maximum absolute atomic E-state index is 5.12. The maximum Gasteiger partial charge on any atom is 0.112 e. The van der Waals surface area contributed by atoms with Crippen LogP contribution in [-0.4, -0.2) is 21.4 Å². The minimum absolute atomic E-state index is 0.146. The summed E-state index contributed by atoms with van der Waals surface area (Å²) >= 11 is 7.61. The topological polar surface area (TPSA) is 38.1 Å². The highest BCUT2D eigenvalue weighted by Gasteiger charge is 2.39. The highest BCUT2D eigenvalue weighted by Crippen LogP contribution is 2.47. The SMILES string of the molecule is CCC1(C)N=C(c2cc3ccccc3nn2)c2cccc(Br)c2C1Br. The molecule has 1 aliphatic rings. The summed E-state index contributed by atoms with van der Waals surface area (Å²) in [6.07, 6.45) is 0.925. The summed E-state index contributed by atoms with van der Waals surface area (Å²) in [6.45, 7) is 4.35. The third-order valence-corrected chi connectivity index (χ3v) is 7.06. The van der Waals surface area contributed by atoms with Gasteiger partial charge in [0, 0.05) is 15.4 Å². The van der Waals surface area contributed by atoms with Crippen LogP contribution in [0.2, 0.25) is 0 Å². The summed E-state index contributed by atoms with van der Waals surface area (Å²) in [6, 6.07) is 16.3. The lowest BCUT2D eigenvalue weighted by Gasteiger charge is -2.36. The van der Waals surface area contributed by atoms with E-state index in [9.17, 15) is 0 Å². The molecule has 5 heteroatoms. The average Bonchev–Trinajstić information content (AvgIpc) is 2.64. The van der Waals surface area contributed by atoms with Crippen LogP contribution in [0.15, 0.2) is 58.0 Å². The Kier molecular flexibility index (Phi) is 4.24. The van der Waals surface area contributed by atoms with Gasteiger partial charge in [-0.15, -0.1) is 10.2 Å². The number of fused-ring (bicyclic) bond motifs is 2. The molecule has 3 nitrogen and oxygen atoms in total. The van der Waals surface area contributed by atoms with Crippen molar-refractivity contribution in [3.8, 4) is 0 Å². The molecule has 0 bridgehead atoms. The molecule has 4 rings (SSSR count). The van der Waals surface area contributed by atoms with Gasteiger partial charge in [0.05, 0.1) is 21.6 Å². The molecule has 0 fully saturated rings. The molecule has 0 amide bonds. The molecule has 2 aromatic carbocycles. The molecule has 0 saturated heterocycles. The van der Waals surface area contributed by atoms with E-state index in [4.69, 9.17) is 4.99 Å². The van der Waals surface area contributed by atoms with Crippen molar-refractivity contribution in [2.45, 2.75) is 30.6 Å². The highest BCUT2D eigenvalue weighted by atomic mass is 79.9. The number of aromatic nitrogens is 2. The lowest BCUT2D eigenvalue weighted by Crippen LogP contribution is -2.34. The van der Waals surface area contributed by atoms with E-state index >= 15 is 0 Å². The fourth-order valence-corrected chi connectivity index (χ4v) is 5.06. The molecule has 2 heterocycles. The first-order valence-electron chi connectivity index (χ1n) is 8.29. The van der Waals surface area contributed by atoms with Gasteiger partial charge in [-0.05, 0) is 37.1 Å². The van der Waals surface area contributed by atoms with E-state index in [2.05, 4.69) is 80.2 Å². The molecule has 0 radical (unpaired) electrons. The Labute approximate surface area is 163 Å². The molecule has 1 aromatic heterocycles. The number of alkyl halides is 1. The van der Waals surface area contributed by atoms with Gasteiger partial charge in [-0.1, -0.05) is 69.1 Å². The van der Waals surface area contributed by atoms with Crippen LogP contribution in [0.1, 0.15) is 41.9 Å². The van der Waals surface area contributed by atoms with Gasteiger partial charge in [0.2, 0.25) is 0 Å². The number of hydrogen-bond donors (Lipinski definition) is 0. The molecule has 3 aromatic rings. The van der Waals surface area contributed by atoms with Gasteiger partial charge in [0.15, 0.2) is 0 Å². The fraction of sp³-hybridized carbons (Fsp3) is 0.250. The van der Waals surface area contributed by atoms with Crippen molar-refractivity contribution in [3.63, 3.8) is 0 Å². The van der Waals surface area contributed by atoms with Gasteiger partial charge in [-0.3, -0.25) is 4.99 Å². The van der Waals surface area contributed by atoms with E-state index < -0.39 is 0 Å². The standard InChI is InChI=1S/C20H17Br2N3/c1-3-20(2)19(22)17-13(8-6-9-14(17)21)18(23-20)16-11-12-7-4-5-10-15(12)24-25-16/h4-11,19H,3H2,1-2H3. The van der Waals surface area contributed by atoms with Crippen molar-refractivity contribution in [1.82, 2.24) is 10.2 Å². The van der Waals surface area contributed by atoms with Crippen LogP contribution in [0.4, 0.5) is 0 Å². The van der Waals surface area contributed by atoms with Crippen LogP contribution >= 0.6 is 31.9 Å². The lowest BCUT2D eigenvalue weighted by molar-refractivity contribution is 0.443. The number of hydrogen-bond acceptors (Lipinski definition) is 3. The van der Waals surface area contributed by atoms with E-state index in [1.54, 1.807) is 0 Å². The Morgan fingerprint density at radius 1 is 1.08 bits per heavy atom. The molecule has 2 atom stereocenters. The quantitative estimate of drug-likeness (QED) is 0.452. The van der Waals surface area contributed by atoms with Crippen LogP contribution in [0.3, 0.4) is 0 Å². The molecular weight excluding hydrogens is 442 g/mol. The smallest absolute Gasteiger partial charge is 0.112 e. The van der Waals surface area contributed by atoms with E-state index in [0.717, 1.165) is 38.8 Å². The van der Waals surface area contributed by atoms with Gasteiger partial charge in [-0.25, -0.2) is 0 Å². The third kappa shape index (κ3) is 2.74. The number of nitrogens with zero attached hydrogens (tertiary/aromatic N) is 3. The predicted molar refractivity (Wildman–Crippen MR) is 110 cm³/mol. The average molecular weight is 459 g/mol. The zero-order valence-electron chi connectivity index (χ0n) is 14.0. The first kappa shape index (κ1) is 16.9. The largest absolute Gasteiger partial charge is 0.275 e. The molecule has 126 valence electrons. The zero-order chi connectivity index (χ0) is 17.6. The number of rotatable bonds is 2. The summed E-state index contributed by atoms with van der Waals surface area (Å²) in [5.41, 5.74) is 4.72. The summed E-state index contributed by atoms with van der Waals surface area (Å²) in [7, 11) is 0. The predicted octanol–water partition coefficient (Wildman–Crippen LogP) is 5.85. The number of benzene rings is 2. The van der Waals surface area contributed by atoms with Gasteiger partial charge in [0.1, 0.15) is 5.69 Å². The van der Waals surface area contributed by atoms with Gasteiger partial charge >= 0.3 is 0 Å². The van der Waals surface area contributed by atoms with Crippen molar-refractivity contribution < 1.29 is 0 Å². The van der Waals surface area contributed by atoms with E-state index in [-0.39, 0.29) is 10.4 Å². The third-order valence-electron chi connectivity index (χ3n) is 4.93. The summed E-state index contributed by atoms with van der Waals surface area (Å²) in [4.78, 5) is 5.27. The molecule has 25 heavy (non-hydrogen) atoms. The van der Waals surface area contributed by atoms with Crippen molar-refractivity contribution in [2.75, 3.05) is 0 Å². The first-order chi connectivity index (χ1) is 12.0. The van der Waals surface area contributed by atoms with Crippen LogP contribution in [0.5, 0.6) is 0 Å². The van der Waals surface area contributed by atoms with E-state index in [1.807, 2.05) is 24.3 Å². The molecule has 2 unspecified atom stereocenters. The molecule has 1 aliphatic heterocycles. The minimum Gasteiger partial charge on any atom is -0.275 e. The summed E-state index contributed by atoms with van der Waals surface area (Å²) < 4.78 is 1.09. The van der Waals surface area contributed by atoms with E-state index in [1.165, 1.54) is 5.56 Å². The number of aliphatic imine (C=N–C) groups is 1. The maximum atomic E-state index is 5.12. The second-order valence-electron chi connectivity index (χ2n) is 6.52. The Balaban J connectivity index is 1.98. The van der Waals surface area contributed by atoms with Crippen LogP contribution in [-0.2, 0) is 0 Å². The first-order valence-corrected chi connectivity index (χ1v) is 10.00. The normalized spacial score (nSPS) is 22.6. The van der Waals surface area contributed by atoms with Crippen molar-refractivity contribution >= 4 is 48.5 Å². The van der Waals surface area contributed by atoms with Crippen molar-refractivity contribution in [2.24, 2.45) is 4.99 Å². The lowest BCUT2D eigenvalue weighted by atomic mass is 9.83. The van der Waals surface area contributed by atoms with Crippen molar-refractivity contribution in [3.05, 3.63) is 69.8 Å². The molecule has 0 N–H and O–H groups in total. The highest BCUT2D eigenvalue weighted by molar-refractivity contribution is 9.11. The van der Waals surface area contributed by atoms with Gasteiger partial charge in [-0.2, -0.15) is 0 Å². The molecule has 0 saturated carbocycles. The monoisotopic (exact) mass is 457 g/mol. The molecule has 0 aliphatic carbocycles. The summed E-state index contributed by atoms with van der Waals surface area (Å²) in [5.74, 6) is 0. The van der Waals surface area contributed by atoms with E-state index in [0.29, 0.717) is 0 Å². The Hall–Kier alpha value is -1.59. The zero-order valence-corrected chi connectivity index (χ0v) is 17.2. The second kappa shape index (κ2) is 6.29. The summed E-state index contributed by atoms with van der Waals surface area (Å²) in [5, 5.41) is 9.94. The Morgan fingerprint density at radius 2 is 1.88 bits per heavy atom. The second-order valence-corrected chi connectivity index (χ2v) is 8.29. The van der Waals surface area contributed by atoms with Crippen LogP contribution < -0.4 is 0 Å². The van der Waals surface area contributed by atoms with Crippen LogP contribution in [0.25, 0.3) is 10.9 Å².